The predicted octanol–water partition coefficient (Wildman–Crippen LogP) is 2.99. The van der Waals surface area contributed by atoms with E-state index < -0.39 is 6.10 Å². The Kier molecular flexibility index (Phi) is 5.06. The van der Waals surface area contributed by atoms with E-state index in [4.69, 9.17) is 9.15 Å². The van der Waals surface area contributed by atoms with Gasteiger partial charge in [0.25, 0.3) is 0 Å². The Morgan fingerprint density at radius 1 is 1.20 bits per heavy atom. The molecule has 0 spiro atoms. The summed E-state index contributed by atoms with van der Waals surface area (Å²) in [6.45, 7) is 6.58. The van der Waals surface area contributed by atoms with E-state index in [9.17, 15) is 9.90 Å². The van der Waals surface area contributed by atoms with E-state index in [0.717, 1.165) is 5.56 Å². The number of nitrogens with one attached hydrogen (secondary N) is 1. The summed E-state index contributed by atoms with van der Waals surface area (Å²) in [5.41, 5.74) is 1.95. The summed E-state index contributed by atoms with van der Waals surface area (Å²) in [6, 6.07) is 11.0. The minimum atomic E-state index is -0.607. The Morgan fingerprint density at radius 3 is 2.76 bits per heavy atom. The van der Waals surface area contributed by atoms with Crippen LogP contribution < -0.4 is 15.5 Å². The van der Waals surface area contributed by atoms with Crippen LogP contribution in [-0.2, 0) is 0 Å². The first-order valence-electron chi connectivity index (χ1n) is 8.46. The molecule has 1 aromatic heterocycles. The molecule has 1 heterocycles. The lowest BCUT2D eigenvalue weighted by atomic mass is 10.1. The highest BCUT2D eigenvalue weighted by atomic mass is 16.5. The fourth-order valence-corrected chi connectivity index (χ4v) is 2.71. The Hall–Kier alpha value is -2.37. The number of aliphatic hydroxyl groups excluding tert-OH is 1. The van der Waals surface area contributed by atoms with Crippen LogP contribution in [0.5, 0.6) is 5.75 Å². The van der Waals surface area contributed by atoms with Gasteiger partial charge in [-0.25, -0.2) is 0 Å². The second-order valence-electron chi connectivity index (χ2n) is 6.57. The van der Waals surface area contributed by atoms with Crippen molar-refractivity contribution >= 4 is 21.9 Å². The molecule has 3 aromatic rings. The summed E-state index contributed by atoms with van der Waals surface area (Å²) in [5.74, 6) is 0.562. The number of fused-ring (bicyclic) bond motifs is 2. The van der Waals surface area contributed by atoms with Crippen molar-refractivity contribution < 1.29 is 14.3 Å². The van der Waals surface area contributed by atoms with Crippen molar-refractivity contribution in [2.75, 3.05) is 13.2 Å². The SMILES string of the molecule is Cc1cccc2c(=O)c3ccc(OCC(O)CNC(C)C)cc3oc12. The molecule has 0 aliphatic heterocycles. The molecular formula is C20H23NO4. The summed E-state index contributed by atoms with van der Waals surface area (Å²) in [5, 5.41) is 14.2. The summed E-state index contributed by atoms with van der Waals surface area (Å²) in [7, 11) is 0. The molecule has 0 saturated carbocycles. The average molecular weight is 341 g/mol. The number of ether oxygens (including phenoxy) is 1. The van der Waals surface area contributed by atoms with Crippen molar-refractivity contribution in [2.45, 2.75) is 32.9 Å². The van der Waals surface area contributed by atoms with Gasteiger partial charge in [0, 0.05) is 18.7 Å². The zero-order valence-corrected chi connectivity index (χ0v) is 14.7. The molecule has 0 aliphatic rings. The summed E-state index contributed by atoms with van der Waals surface area (Å²) < 4.78 is 11.6. The van der Waals surface area contributed by atoms with Crippen molar-refractivity contribution in [1.29, 1.82) is 0 Å². The number of aliphatic hydroxyl groups is 1. The van der Waals surface area contributed by atoms with Gasteiger partial charge in [-0.2, -0.15) is 0 Å². The maximum Gasteiger partial charge on any atom is 0.200 e. The third-order valence-corrected chi connectivity index (χ3v) is 4.07. The topological polar surface area (TPSA) is 71.7 Å². The van der Waals surface area contributed by atoms with E-state index in [1.165, 1.54) is 0 Å². The average Bonchev–Trinajstić information content (AvgIpc) is 2.59. The van der Waals surface area contributed by atoms with Crippen molar-refractivity contribution in [3.63, 3.8) is 0 Å². The number of rotatable bonds is 6. The summed E-state index contributed by atoms with van der Waals surface area (Å²) >= 11 is 0. The van der Waals surface area contributed by atoms with Gasteiger partial charge in [0.2, 0.25) is 5.43 Å². The molecular weight excluding hydrogens is 318 g/mol. The Balaban J connectivity index is 1.86. The molecule has 5 nitrogen and oxygen atoms in total. The normalized spacial score (nSPS) is 12.8. The smallest absolute Gasteiger partial charge is 0.200 e. The standard InChI is InChI=1S/C20H23NO4/c1-12(2)21-10-14(22)11-24-15-7-8-16-18(9-15)25-20-13(3)5-4-6-17(20)19(16)23/h4-9,12,14,21-22H,10-11H2,1-3H3. The second-order valence-corrected chi connectivity index (χ2v) is 6.57. The summed E-state index contributed by atoms with van der Waals surface area (Å²) in [4.78, 5) is 12.6. The van der Waals surface area contributed by atoms with Crippen LogP contribution in [0.3, 0.4) is 0 Å². The summed E-state index contributed by atoms with van der Waals surface area (Å²) in [6.07, 6.45) is -0.607. The number of hydrogen-bond donors (Lipinski definition) is 2. The molecule has 0 fully saturated rings. The molecule has 0 saturated heterocycles. The van der Waals surface area contributed by atoms with Gasteiger partial charge in [0.05, 0.1) is 10.8 Å². The van der Waals surface area contributed by atoms with E-state index in [2.05, 4.69) is 5.32 Å². The lowest BCUT2D eigenvalue weighted by Gasteiger charge is -2.15. The van der Waals surface area contributed by atoms with Gasteiger partial charge in [-0.15, -0.1) is 0 Å². The van der Waals surface area contributed by atoms with Crippen molar-refractivity contribution in [1.82, 2.24) is 5.32 Å². The van der Waals surface area contributed by atoms with Crippen LogP contribution in [0, 0.1) is 6.92 Å². The molecule has 2 aromatic carbocycles. The third kappa shape index (κ3) is 3.83. The number of hydrogen-bond acceptors (Lipinski definition) is 5. The van der Waals surface area contributed by atoms with E-state index in [0.29, 0.717) is 40.3 Å². The number of para-hydroxylation sites is 1. The molecule has 132 valence electrons. The minimum Gasteiger partial charge on any atom is -0.491 e. The Morgan fingerprint density at radius 2 is 2.00 bits per heavy atom. The van der Waals surface area contributed by atoms with Gasteiger partial charge in [-0.1, -0.05) is 26.0 Å². The van der Waals surface area contributed by atoms with Crippen LogP contribution in [0.1, 0.15) is 19.4 Å². The van der Waals surface area contributed by atoms with Crippen molar-refractivity contribution in [3.05, 3.63) is 52.2 Å². The van der Waals surface area contributed by atoms with Gasteiger partial charge < -0.3 is 19.6 Å². The van der Waals surface area contributed by atoms with Gasteiger partial charge in [0.1, 0.15) is 29.6 Å². The highest BCUT2D eigenvalue weighted by molar-refractivity contribution is 5.91. The Bertz CT molecular complexity index is 945. The highest BCUT2D eigenvalue weighted by Crippen LogP contribution is 2.24. The van der Waals surface area contributed by atoms with E-state index >= 15 is 0 Å². The van der Waals surface area contributed by atoms with Gasteiger partial charge in [0.15, 0.2) is 0 Å². The zero-order valence-electron chi connectivity index (χ0n) is 14.7. The van der Waals surface area contributed by atoms with Crippen molar-refractivity contribution in [2.24, 2.45) is 0 Å². The highest BCUT2D eigenvalue weighted by Gasteiger charge is 2.11. The van der Waals surface area contributed by atoms with E-state index in [-0.39, 0.29) is 12.0 Å². The van der Waals surface area contributed by atoms with Gasteiger partial charge >= 0.3 is 0 Å². The molecule has 0 amide bonds. The maximum atomic E-state index is 12.6. The number of aryl methyl sites for hydroxylation is 1. The monoisotopic (exact) mass is 341 g/mol. The van der Waals surface area contributed by atoms with E-state index in [1.54, 1.807) is 24.3 Å². The first kappa shape index (κ1) is 17.5. The zero-order chi connectivity index (χ0) is 18.0. The molecule has 0 radical (unpaired) electrons. The molecule has 1 unspecified atom stereocenters. The maximum absolute atomic E-state index is 12.6. The minimum absolute atomic E-state index is 0.0485. The molecule has 3 rings (SSSR count). The van der Waals surface area contributed by atoms with Gasteiger partial charge in [-0.3, -0.25) is 4.79 Å². The quantitative estimate of drug-likeness (QED) is 0.675. The van der Waals surface area contributed by atoms with Crippen LogP contribution >= 0.6 is 0 Å². The number of benzene rings is 2. The first-order chi connectivity index (χ1) is 12.0. The molecule has 0 bridgehead atoms. The predicted molar refractivity (Wildman–Crippen MR) is 99.4 cm³/mol. The molecule has 5 heteroatoms. The van der Waals surface area contributed by atoms with Crippen LogP contribution in [0.4, 0.5) is 0 Å². The third-order valence-electron chi connectivity index (χ3n) is 4.07. The second kappa shape index (κ2) is 7.25. The van der Waals surface area contributed by atoms with Gasteiger partial charge in [-0.05, 0) is 30.7 Å². The van der Waals surface area contributed by atoms with Crippen LogP contribution in [0.2, 0.25) is 0 Å². The largest absolute Gasteiger partial charge is 0.491 e. The first-order valence-corrected chi connectivity index (χ1v) is 8.46. The molecule has 25 heavy (non-hydrogen) atoms. The van der Waals surface area contributed by atoms with Crippen LogP contribution in [0.25, 0.3) is 21.9 Å². The molecule has 1 atom stereocenters. The molecule has 0 aliphatic carbocycles. The van der Waals surface area contributed by atoms with Crippen LogP contribution in [0.15, 0.2) is 45.6 Å². The van der Waals surface area contributed by atoms with Crippen LogP contribution in [-0.4, -0.2) is 30.4 Å². The fourth-order valence-electron chi connectivity index (χ4n) is 2.71. The fraction of sp³-hybridized carbons (Fsp3) is 0.350. The lowest BCUT2D eigenvalue weighted by molar-refractivity contribution is 0.104. The van der Waals surface area contributed by atoms with Crippen molar-refractivity contribution in [3.8, 4) is 5.75 Å². The molecule has 2 N–H and O–H groups in total. The lowest BCUT2D eigenvalue weighted by Crippen LogP contribution is -2.35. The Labute approximate surface area is 146 Å². The van der Waals surface area contributed by atoms with E-state index in [1.807, 2.05) is 32.9 Å².